The number of nitrogens with zero attached hydrogens (tertiary/aromatic N) is 3. The second kappa shape index (κ2) is 7.80. The monoisotopic (exact) mass is 362 g/mol. The van der Waals surface area contributed by atoms with Crippen LogP contribution in [0.25, 0.3) is 11.4 Å². The Kier molecular flexibility index (Phi) is 5.07. The second-order valence-electron chi connectivity index (χ2n) is 6.80. The number of aromatic nitrogens is 3. The number of rotatable bonds is 6. The minimum Gasteiger partial charge on any atom is -0.339 e. The van der Waals surface area contributed by atoms with E-state index in [1.807, 2.05) is 43.5 Å². The van der Waals surface area contributed by atoms with E-state index >= 15 is 0 Å². The molecule has 6 nitrogen and oxygen atoms in total. The van der Waals surface area contributed by atoms with Gasteiger partial charge in [-0.15, -0.1) is 0 Å². The molecule has 0 bridgehead atoms. The number of benzene rings is 1. The van der Waals surface area contributed by atoms with Crippen LogP contribution in [-0.4, -0.2) is 27.5 Å². The molecule has 0 aliphatic carbocycles. The highest BCUT2D eigenvalue weighted by Crippen LogP contribution is 2.28. The lowest BCUT2D eigenvalue weighted by atomic mass is 9.95. The molecule has 1 aromatic carbocycles. The van der Waals surface area contributed by atoms with Crippen molar-refractivity contribution in [1.29, 1.82) is 0 Å². The number of Topliss-reactive ketones (excluding diaryl/α,β-unsaturated/α-hetero) is 1. The molecular formula is C21H22N4O2. The minimum atomic E-state index is 0.139. The smallest absolute Gasteiger partial charge is 0.226 e. The van der Waals surface area contributed by atoms with Crippen molar-refractivity contribution >= 4 is 5.78 Å². The number of aryl methyl sites for hydroxylation is 2. The van der Waals surface area contributed by atoms with Crippen LogP contribution in [0.1, 0.15) is 45.9 Å². The molecule has 6 heteroatoms. The molecule has 0 saturated heterocycles. The summed E-state index contributed by atoms with van der Waals surface area (Å²) in [5, 5.41) is 7.54. The maximum atomic E-state index is 12.2. The van der Waals surface area contributed by atoms with Gasteiger partial charge in [0.05, 0.1) is 0 Å². The summed E-state index contributed by atoms with van der Waals surface area (Å²) in [7, 11) is 0. The van der Waals surface area contributed by atoms with E-state index in [2.05, 4.69) is 20.4 Å². The van der Waals surface area contributed by atoms with Crippen LogP contribution >= 0.6 is 0 Å². The molecule has 0 fully saturated rings. The van der Waals surface area contributed by atoms with Crippen molar-refractivity contribution in [2.75, 3.05) is 6.54 Å². The average Bonchev–Trinajstić information content (AvgIpc) is 3.17. The van der Waals surface area contributed by atoms with E-state index < -0.39 is 0 Å². The van der Waals surface area contributed by atoms with Crippen LogP contribution in [0.2, 0.25) is 0 Å². The van der Waals surface area contributed by atoms with Gasteiger partial charge in [-0.25, -0.2) is 0 Å². The third kappa shape index (κ3) is 3.80. The molecule has 1 aliphatic heterocycles. The van der Waals surface area contributed by atoms with E-state index in [9.17, 15) is 4.79 Å². The molecule has 3 heterocycles. The molecule has 27 heavy (non-hydrogen) atoms. The van der Waals surface area contributed by atoms with Gasteiger partial charge in [-0.05, 0) is 37.4 Å². The van der Waals surface area contributed by atoms with Gasteiger partial charge in [-0.3, -0.25) is 9.78 Å². The third-order valence-corrected chi connectivity index (χ3v) is 4.91. The lowest BCUT2D eigenvalue weighted by molar-refractivity contribution is 0.0979. The third-order valence-electron chi connectivity index (χ3n) is 4.91. The van der Waals surface area contributed by atoms with Gasteiger partial charge in [0.2, 0.25) is 11.7 Å². The summed E-state index contributed by atoms with van der Waals surface area (Å²) in [6.45, 7) is 3.74. The Morgan fingerprint density at radius 2 is 2.11 bits per heavy atom. The fourth-order valence-corrected chi connectivity index (χ4v) is 3.49. The Balaban J connectivity index is 1.45. The Labute approximate surface area is 158 Å². The Morgan fingerprint density at radius 1 is 1.26 bits per heavy atom. The molecule has 0 spiro atoms. The van der Waals surface area contributed by atoms with Crippen LogP contribution < -0.4 is 5.32 Å². The van der Waals surface area contributed by atoms with E-state index in [4.69, 9.17) is 4.52 Å². The number of carbonyl (C=O) groups excluding carboxylic acids is 1. The predicted molar refractivity (Wildman–Crippen MR) is 101 cm³/mol. The zero-order chi connectivity index (χ0) is 18.6. The van der Waals surface area contributed by atoms with Crippen LogP contribution in [0.5, 0.6) is 0 Å². The highest BCUT2D eigenvalue weighted by Gasteiger charge is 2.21. The summed E-state index contributed by atoms with van der Waals surface area (Å²) in [5.74, 6) is 1.31. The Hall–Kier alpha value is -2.86. The highest BCUT2D eigenvalue weighted by molar-refractivity contribution is 5.95. The van der Waals surface area contributed by atoms with Crippen LogP contribution in [0.4, 0.5) is 0 Å². The molecule has 3 aromatic rings. The highest BCUT2D eigenvalue weighted by atomic mass is 16.5. The number of carbonyl (C=O) groups is 1. The van der Waals surface area contributed by atoms with Crippen LogP contribution in [-0.2, 0) is 19.4 Å². The van der Waals surface area contributed by atoms with E-state index in [-0.39, 0.29) is 5.78 Å². The first-order valence-corrected chi connectivity index (χ1v) is 9.31. The van der Waals surface area contributed by atoms with Gasteiger partial charge in [0, 0.05) is 42.4 Å². The van der Waals surface area contributed by atoms with Gasteiger partial charge in [0.1, 0.15) is 0 Å². The Bertz CT molecular complexity index is 950. The number of nitrogens with one attached hydrogen (secondary N) is 1. The van der Waals surface area contributed by atoms with E-state index in [1.165, 1.54) is 11.1 Å². The SMILES string of the molecule is Cc1ncc2c(c1-c1noc(CCCC(=O)c3ccccc3)n1)CCNC2. The summed E-state index contributed by atoms with van der Waals surface area (Å²) in [5.41, 5.74) is 5.11. The van der Waals surface area contributed by atoms with Gasteiger partial charge < -0.3 is 9.84 Å². The summed E-state index contributed by atoms with van der Waals surface area (Å²) in [6.07, 6.45) is 4.60. The molecule has 1 aliphatic rings. The molecule has 2 aromatic heterocycles. The van der Waals surface area contributed by atoms with Gasteiger partial charge >= 0.3 is 0 Å². The minimum absolute atomic E-state index is 0.139. The molecule has 138 valence electrons. The van der Waals surface area contributed by atoms with Crippen molar-refractivity contribution in [1.82, 2.24) is 20.4 Å². The van der Waals surface area contributed by atoms with Crippen molar-refractivity contribution in [2.24, 2.45) is 0 Å². The number of hydrogen-bond acceptors (Lipinski definition) is 6. The number of hydrogen-bond donors (Lipinski definition) is 1. The summed E-state index contributed by atoms with van der Waals surface area (Å²) < 4.78 is 5.44. The zero-order valence-corrected chi connectivity index (χ0v) is 15.4. The predicted octanol–water partition coefficient (Wildman–Crippen LogP) is 3.29. The first-order valence-electron chi connectivity index (χ1n) is 9.31. The van der Waals surface area contributed by atoms with Crippen molar-refractivity contribution in [3.05, 3.63) is 64.8 Å². The van der Waals surface area contributed by atoms with Crippen LogP contribution in [0.15, 0.2) is 41.1 Å². The van der Waals surface area contributed by atoms with E-state index in [1.54, 1.807) is 0 Å². The fourth-order valence-electron chi connectivity index (χ4n) is 3.49. The molecule has 0 radical (unpaired) electrons. The molecule has 0 saturated carbocycles. The zero-order valence-electron chi connectivity index (χ0n) is 15.4. The Morgan fingerprint density at radius 3 is 2.96 bits per heavy atom. The molecule has 4 rings (SSSR count). The lowest BCUT2D eigenvalue weighted by Gasteiger charge is -2.19. The lowest BCUT2D eigenvalue weighted by Crippen LogP contribution is -2.24. The van der Waals surface area contributed by atoms with Crippen molar-refractivity contribution in [2.45, 2.75) is 39.2 Å². The van der Waals surface area contributed by atoms with Crippen molar-refractivity contribution in [3.63, 3.8) is 0 Å². The number of pyridine rings is 1. The quantitative estimate of drug-likeness (QED) is 0.678. The second-order valence-corrected chi connectivity index (χ2v) is 6.80. The molecule has 1 N–H and O–H groups in total. The number of ketones is 1. The topological polar surface area (TPSA) is 80.9 Å². The van der Waals surface area contributed by atoms with Crippen LogP contribution in [0, 0.1) is 6.92 Å². The first-order chi connectivity index (χ1) is 13.2. The van der Waals surface area contributed by atoms with Gasteiger partial charge in [-0.2, -0.15) is 4.98 Å². The number of fused-ring (bicyclic) bond motifs is 1. The average molecular weight is 362 g/mol. The van der Waals surface area contributed by atoms with Gasteiger partial charge in [0.15, 0.2) is 5.78 Å². The van der Waals surface area contributed by atoms with Crippen molar-refractivity contribution in [3.8, 4) is 11.4 Å². The fraction of sp³-hybridized carbons (Fsp3) is 0.333. The van der Waals surface area contributed by atoms with Crippen molar-refractivity contribution < 1.29 is 9.32 Å². The standard InChI is InChI=1S/C21H22N4O2/c1-14-20(17-10-11-22-12-16(17)13-23-14)21-24-19(27-25-21)9-5-8-18(26)15-6-3-2-4-7-15/h2-4,6-7,13,22H,5,8-12H2,1H3. The molecule has 0 unspecified atom stereocenters. The molecular weight excluding hydrogens is 340 g/mol. The summed E-state index contributed by atoms with van der Waals surface area (Å²) in [4.78, 5) is 21.2. The van der Waals surface area contributed by atoms with Crippen LogP contribution in [0.3, 0.4) is 0 Å². The normalized spacial score (nSPS) is 13.4. The van der Waals surface area contributed by atoms with Gasteiger partial charge in [0.25, 0.3) is 0 Å². The largest absolute Gasteiger partial charge is 0.339 e. The van der Waals surface area contributed by atoms with E-state index in [0.29, 0.717) is 31.0 Å². The first kappa shape index (κ1) is 17.5. The molecule has 0 amide bonds. The maximum absolute atomic E-state index is 12.2. The summed E-state index contributed by atoms with van der Waals surface area (Å²) in [6, 6.07) is 9.35. The molecule has 0 atom stereocenters. The van der Waals surface area contributed by atoms with Gasteiger partial charge in [-0.1, -0.05) is 35.5 Å². The van der Waals surface area contributed by atoms with E-state index in [0.717, 1.165) is 36.3 Å². The maximum Gasteiger partial charge on any atom is 0.226 e. The summed E-state index contributed by atoms with van der Waals surface area (Å²) >= 11 is 0.